The number of esters is 1. The van der Waals surface area contributed by atoms with Crippen LogP contribution in [0.2, 0.25) is 0 Å². The number of imidazole rings is 1. The molecule has 0 aliphatic carbocycles. The van der Waals surface area contributed by atoms with Gasteiger partial charge in [-0.25, -0.2) is 4.98 Å². The lowest BCUT2D eigenvalue weighted by atomic mass is 10.0. The van der Waals surface area contributed by atoms with Gasteiger partial charge >= 0.3 is 5.97 Å². The minimum absolute atomic E-state index is 0.0589. The van der Waals surface area contributed by atoms with Crippen LogP contribution in [0.1, 0.15) is 6.92 Å². The summed E-state index contributed by atoms with van der Waals surface area (Å²) in [6.45, 7) is 2.17. The van der Waals surface area contributed by atoms with Crippen molar-refractivity contribution < 1.29 is 19.0 Å². The Kier molecular flexibility index (Phi) is 5.76. The monoisotopic (exact) mass is 366 g/mol. The molecular weight excluding hydrogens is 344 g/mol. The molecule has 1 heterocycles. The highest BCUT2D eigenvalue weighted by Gasteiger charge is 2.21. The molecule has 0 N–H and O–H groups in total. The van der Waals surface area contributed by atoms with E-state index in [9.17, 15) is 4.79 Å². The molecule has 0 atom stereocenters. The normalized spacial score (nSPS) is 10.5. The van der Waals surface area contributed by atoms with Crippen LogP contribution in [0.5, 0.6) is 11.5 Å². The van der Waals surface area contributed by atoms with E-state index < -0.39 is 0 Å². The van der Waals surface area contributed by atoms with Gasteiger partial charge in [-0.05, 0) is 31.2 Å². The van der Waals surface area contributed by atoms with Gasteiger partial charge in [-0.2, -0.15) is 0 Å². The number of hydrogen-bond acceptors (Lipinski definition) is 5. The first-order valence-electron chi connectivity index (χ1n) is 8.67. The Morgan fingerprint density at radius 1 is 0.963 bits per heavy atom. The van der Waals surface area contributed by atoms with Gasteiger partial charge in [0, 0.05) is 11.1 Å². The number of carbonyl (C=O) groups is 1. The van der Waals surface area contributed by atoms with Gasteiger partial charge in [0.25, 0.3) is 0 Å². The van der Waals surface area contributed by atoms with E-state index >= 15 is 0 Å². The second-order valence-corrected chi connectivity index (χ2v) is 5.78. The van der Waals surface area contributed by atoms with Gasteiger partial charge < -0.3 is 18.8 Å². The fourth-order valence-corrected chi connectivity index (χ4v) is 3.01. The maximum atomic E-state index is 12.1. The first kappa shape index (κ1) is 18.5. The Bertz CT molecular complexity index is 933. The molecule has 0 saturated heterocycles. The summed E-state index contributed by atoms with van der Waals surface area (Å²) in [6, 6.07) is 15.3. The van der Waals surface area contributed by atoms with E-state index in [1.807, 2.05) is 48.5 Å². The van der Waals surface area contributed by atoms with E-state index in [1.54, 1.807) is 32.0 Å². The molecule has 0 radical (unpaired) electrons. The van der Waals surface area contributed by atoms with Crippen LogP contribution in [0.15, 0.2) is 54.9 Å². The van der Waals surface area contributed by atoms with Gasteiger partial charge in [0.2, 0.25) is 0 Å². The summed E-state index contributed by atoms with van der Waals surface area (Å²) in [7, 11) is 3.24. The number of carbonyl (C=O) groups excluding carboxylic acids is 1. The smallest absolute Gasteiger partial charge is 0.325 e. The van der Waals surface area contributed by atoms with Crippen molar-refractivity contribution in [1.82, 2.24) is 9.55 Å². The summed E-state index contributed by atoms with van der Waals surface area (Å²) < 4.78 is 17.9. The van der Waals surface area contributed by atoms with Crippen LogP contribution in [0.3, 0.4) is 0 Å². The summed E-state index contributed by atoms with van der Waals surface area (Å²) in [4.78, 5) is 16.7. The molecule has 27 heavy (non-hydrogen) atoms. The molecular formula is C21H22N2O4. The van der Waals surface area contributed by atoms with Gasteiger partial charge in [-0.3, -0.25) is 4.79 Å². The molecule has 6 heteroatoms. The lowest BCUT2D eigenvalue weighted by Gasteiger charge is -2.14. The van der Waals surface area contributed by atoms with Crippen molar-refractivity contribution in [3.63, 3.8) is 0 Å². The van der Waals surface area contributed by atoms with Crippen molar-refractivity contribution in [1.29, 1.82) is 0 Å². The third kappa shape index (κ3) is 3.79. The summed E-state index contributed by atoms with van der Waals surface area (Å²) in [5.74, 6) is 1.08. The second kappa shape index (κ2) is 8.40. The van der Waals surface area contributed by atoms with Crippen LogP contribution in [-0.2, 0) is 16.1 Å². The van der Waals surface area contributed by atoms with E-state index in [2.05, 4.69) is 4.98 Å². The average molecular weight is 366 g/mol. The van der Waals surface area contributed by atoms with E-state index in [1.165, 1.54) is 0 Å². The van der Waals surface area contributed by atoms with Crippen LogP contribution in [0, 0.1) is 0 Å². The Labute approximate surface area is 158 Å². The van der Waals surface area contributed by atoms with E-state index in [0.717, 1.165) is 16.8 Å². The summed E-state index contributed by atoms with van der Waals surface area (Å²) >= 11 is 0. The van der Waals surface area contributed by atoms with Crippen molar-refractivity contribution in [3.8, 4) is 34.0 Å². The molecule has 6 nitrogen and oxygen atoms in total. The third-order valence-corrected chi connectivity index (χ3v) is 4.17. The third-order valence-electron chi connectivity index (χ3n) is 4.17. The minimum Gasteiger partial charge on any atom is -0.496 e. The molecule has 0 aliphatic rings. The van der Waals surface area contributed by atoms with Crippen molar-refractivity contribution >= 4 is 5.97 Å². The predicted octanol–water partition coefficient (Wildman–Crippen LogP) is 3.80. The Balaban J connectivity index is 2.20. The van der Waals surface area contributed by atoms with E-state index in [4.69, 9.17) is 14.2 Å². The molecule has 0 aliphatic heterocycles. The van der Waals surface area contributed by atoms with Crippen LogP contribution < -0.4 is 9.47 Å². The van der Waals surface area contributed by atoms with Gasteiger partial charge in [0.1, 0.15) is 23.7 Å². The Morgan fingerprint density at radius 2 is 1.56 bits per heavy atom. The van der Waals surface area contributed by atoms with Gasteiger partial charge in [-0.1, -0.05) is 24.3 Å². The van der Waals surface area contributed by atoms with E-state index in [0.29, 0.717) is 23.8 Å². The topological polar surface area (TPSA) is 62.6 Å². The molecule has 0 fully saturated rings. The van der Waals surface area contributed by atoms with Crippen molar-refractivity contribution in [2.45, 2.75) is 13.5 Å². The van der Waals surface area contributed by atoms with Crippen molar-refractivity contribution in [2.75, 3.05) is 20.8 Å². The van der Waals surface area contributed by atoms with E-state index in [-0.39, 0.29) is 12.5 Å². The number of methoxy groups -OCH3 is 2. The summed E-state index contributed by atoms with van der Waals surface area (Å²) in [5, 5.41) is 0. The first-order chi connectivity index (χ1) is 13.2. The summed E-state index contributed by atoms with van der Waals surface area (Å²) in [5.41, 5.74) is 3.15. The summed E-state index contributed by atoms with van der Waals surface area (Å²) in [6.07, 6.45) is 1.64. The molecule has 3 aromatic rings. The zero-order chi connectivity index (χ0) is 19.2. The maximum absolute atomic E-state index is 12.1. The Morgan fingerprint density at radius 3 is 2.19 bits per heavy atom. The predicted molar refractivity (Wildman–Crippen MR) is 103 cm³/mol. The second-order valence-electron chi connectivity index (χ2n) is 5.78. The SMILES string of the molecule is CCOC(=O)Cn1cnc(-c2ccccc2OC)c1-c1ccccc1OC. The van der Waals surface area contributed by atoms with Gasteiger partial charge in [0.05, 0.1) is 32.8 Å². The van der Waals surface area contributed by atoms with Crippen LogP contribution >= 0.6 is 0 Å². The fraction of sp³-hybridized carbons (Fsp3) is 0.238. The molecule has 0 spiro atoms. The zero-order valence-electron chi connectivity index (χ0n) is 15.6. The lowest BCUT2D eigenvalue weighted by molar-refractivity contribution is -0.143. The highest BCUT2D eigenvalue weighted by molar-refractivity contribution is 5.85. The number of ether oxygens (including phenoxy) is 3. The number of para-hydroxylation sites is 2. The number of aromatic nitrogens is 2. The molecule has 0 bridgehead atoms. The molecule has 0 amide bonds. The number of hydrogen-bond donors (Lipinski definition) is 0. The molecule has 3 rings (SSSR count). The minimum atomic E-state index is -0.322. The standard InChI is InChI=1S/C21H22N2O4/c1-4-27-19(24)13-23-14-22-20(15-9-5-7-11-17(15)25-2)21(23)16-10-6-8-12-18(16)26-3/h5-12,14H,4,13H2,1-3H3. The largest absolute Gasteiger partial charge is 0.496 e. The van der Waals surface area contributed by atoms with Gasteiger partial charge in [-0.15, -0.1) is 0 Å². The average Bonchev–Trinajstić information content (AvgIpc) is 3.10. The molecule has 140 valence electrons. The lowest BCUT2D eigenvalue weighted by Crippen LogP contribution is -2.13. The fourth-order valence-electron chi connectivity index (χ4n) is 3.01. The number of nitrogens with zero attached hydrogens (tertiary/aromatic N) is 2. The van der Waals surface area contributed by atoms with Crippen LogP contribution in [0.4, 0.5) is 0 Å². The number of rotatable bonds is 7. The van der Waals surface area contributed by atoms with Crippen LogP contribution in [0.25, 0.3) is 22.5 Å². The molecule has 0 unspecified atom stereocenters. The first-order valence-corrected chi connectivity index (χ1v) is 8.67. The van der Waals surface area contributed by atoms with Gasteiger partial charge in [0.15, 0.2) is 0 Å². The van der Waals surface area contributed by atoms with Crippen molar-refractivity contribution in [3.05, 3.63) is 54.9 Å². The zero-order valence-corrected chi connectivity index (χ0v) is 15.6. The van der Waals surface area contributed by atoms with Crippen molar-refractivity contribution in [2.24, 2.45) is 0 Å². The Hall–Kier alpha value is -3.28. The molecule has 1 aromatic heterocycles. The highest BCUT2D eigenvalue weighted by atomic mass is 16.5. The number of benzene rings is 2. The quantitative estimate of drug-likeness (QED) is 0.595. The highest BCUT2D eigenvalue weighted by Crippen LogP contribution is 2.39. The maximum Gasteiger partial charge on any atom is 0.325 e. The molecule has 0 saturated carbocycles. The molecule has 2 aromatic carbocycles. The van der Waals surface area contributed by atoms with Crippen LogP contribution in [-0.4, -0.2) is 36.3 Å².